The zero-order valence-corrected chi connectivity index (χ0v) is 14.6. The van der Waals surface area contributed by atoms with Crippen LogP contribution in [0, 0.1) is 13.8 Å². The molecular formula is C15H20N6OS. The van der Waals surface area contributed by atoms with Crippen molar-refractivity contribution in [3.8, 4) is 5.88 Å². The highest BCUT2D eigenvalue weighted by Crippen LogP contribution is 2.42. The van der Waals surface area contributed by atoms with Crippen molar-refractivity contribution >= 4 is 21.4 Å². The lowest BCUT2D eigenvalue weighted by atomic mass is 10.1. The average molecular weight is 332 g/mol. The molecule has 3 aromatic heterocycles. The Morgan fingerprint density at radius 2 is 2.13 bits per heavy atom. The second kappa shape index (κ2) is 5.23. The molecule has 0 aliphatic carbocycles. The van der Waals surface area contributed by atoms with E-state index in [0.29, 0.717) is 0 Å². The maximum Gasteiger partial charge on any atom is 0.216 e. The van der Waals surface area contributed by atoms with Crippen LogP contribution in [0.5, 0.6) is 5.88 Å². The first-order valence-electron chi connectivity index (χ1n) is 7.75. The summed E-state index contributed by atoms with van der Waals surface area (Å²) in [6, 6.07) is 0.260. The highest BCUT2D eigenvalue weighted by Gasteiger charge is 2.34. The summed E-state index contributed by atoms with van der Waals surface area (Å²) in [7, 11) is 3.63. The van der Waals surface area contributed by atoms with Crippen molar-refractivity contribution in [2.75, 3.05) is 18.6 Å². The third-order valence-corrected chi connectivity index (χ3v) is 5.35. The van der Waals surface area contributed by atoms with Crippen molar-refractivity contribution in [1.82, 2.24) is 24.4 Å². The lowest BCUT2D eigenvalue weighted by molar-refractivity contribution is 0.366. The van der Waals surface area contributed by atoms with Crippen LogP contribution < -0.4 is 9.64 Å². The van der Waals surface area contributed by atoms with Crippen LogP contribution in [0.1, 0.15) is 35.8 Å². The molecule has 1 aliphatic rings. The number of ether oxygens (including phenoxy) is 1. The lowest BCUT2D eigenvalue weighted by Crippen LogP contribution is -2.23. The molecule has 0 saturated carbocycles. The van der Waals surface area contributed by atoms with E-state index in [-0.39, 0.29) is 6.04 Å². The first-order chi connectivity index (χ1) is 11.1. The highest BCUT2D eigenvalue weighted by molar-refractivity contribution is 7.20. The van der Waals surface area contributed by atoms with Crippen molar-refractivity contribution in [2.45, 2.75) is 32.7 Å². The third kappa shape index (κ3) is 2.20. The number of aryl methyl sites for hydroxylation is 3. The molecular weight excluding hydrogens is 312 g/mol. The smallest absolute Gasteiger partial charge is 0.216 e. The van der Waals surface area contributed by atoms with Gasteiger partial charge in [-0.05, 0) is 26.7 Å². The zero-order chi connectivity index (χ0) is 16.1. The van der Waals surface area contributed by atoms with E-state index in [2.05, 4.69) is 15.0 Å². The average Bonchev–Trinajstić information content (AvgIpc) is 3.20. The predicted octanol–water partition coefficient (Wildman–Crippen LogP) is 2.49. The van der Waals surface area contributed by atoms with Crippen LogP contribution in [0.25, 0.3) is 4.96 Å². The van der Waals surface area contributed by atoms with Gasteiger partial charge in [-0.2, -0.15) is 5.10 Å². The Labute approximate surface area is 138 Å². The van der Waals surface area contributed by atoms with Crippen molar-refractivity contribution in [3.05, 3.63) is 23.1 Å². The molecule has 7 nitrogen and oxygen atoms in total. The van der Waals surface area contributed by atoms with Crippen LogP contribution >= 0.6 is 11.3 Å². The summed E-state index contributed by atoms with van der Waals surface area (Å²) in [6.45, 7) is 5.04. The lowest BCUT2D eigenvalue weighted by Gasteiger charge is -2.24. The maximum atomic E-state index is 5.59. The molecule has 0 N–H and O–H groups in total. The minimum absolute atomic E-state index is 0.260. The minimum Gasteiger partial charge on any atom is -0.481 e. The van der Waals surface area contributed by atoms with Crippen LogP contribution in [0.3, 0.4) is 0 Å². The molecule has 0 radical (unpaired) electrons. The van der Waals surface area contributed by atoms with Crippen LogP contribution in [0.15, 0.2) is 6.20 Å². The number of nitrogens with zero attached hydrogens (tertiary/aromatic N) is 6. The SMILES string of the molecule is COc1c(C2CCCN2c2nn3cc(C)nc3s2)c(C)nn1C. The zero-order valence-electron chi connectivity index (χ0n) is 13.8. The quantitative estimate of drug-likeness (QED) is 0.737. The molecule has 3 aromatic rings. The Balaban J connectivity index is 1.75. The largest absolute Gasteiger partial charge is 0.481 e. The van der Waals surface area contributed by atoms with E-state index in [1.807, 2.05) is 36.3 Å². The van der Waals surface area contributed by atoms with Gasteiger partial charge in [0.05, 0.1) is 36.3 Å². The topological polar surface area (TPSA) is 60.5 Å². The fourth-order valence-electron chi connectivity index (χ4n) is 3.49. The molecule has 1 fully saturated rings. The Kier molecular flexibility index (Phi) is 3.29. The Hall–Kier alpha value is -2.09. The van der Waals surface area contributed by atoms with Crippen LogP contribution in [-0.2, 0) is 7.05 Å². The van der Waals surface area contributed by atoms with E-state index in [9.17, 15) is 0 Å². The van der Waals surface area contributed by atoms with Crippen molar-refractivity contribution in [1.29, 1.82) is 0 Å². The van der Waals surface area contributed by atoms with Gasteiger partial charge in [0.15, 0.2) is 0 Å². The molecule has 8 heteroatoms. The molecule has 0 amide bonds. The van der Waals surface area contributed by atoms with Crippen molar-refractivity contribution in [3.63, 3.8) is 0 Å². The summed E-state index contributed by atoms with van der Waals surface area (Å²) in [5.41, 5.74) is 3.20. The normalized spacial score (nSPS) is 18.3. The maximum absolute atomic E-state index is 5.59. The molecule has 0 spiro atoms. The van der Waals surface area contributed by atoms with Gasteiger partial charge >= 0.3 is 0 Å². The van der Waals surface area contributed by atoms with Crippen LogP contribution in [-0.4, -0.2) is 38.0 Å². The van der Waals surface area contributed by atoms with Gasteiger partial charge in [-0.3, -0.25) is 0 Å². The summed E-state index contributed by atoms with van der Waals surface area (Å²) in [5.74, 6) is 0.844. The van der Waals surface area contributed by atoms with Crippen LogP contribution in [0.2, 0.25) is 0 Å². The van der Waals surface area contributed by atoms with Crippen molar-refractivity contribution < 1.29 is 4.74 Å². The van der Waals surface area contributed by atoms with Crippen LogP contribution in [0.4, 0.5) is 5.13 Å². The first-order valence-corrected chi connectivity index (χ1v) is 8.57. The molecule has 1 aliphatic heterocycles. The minimum atomic E-state index is 0.260. The van der Waals surface area contributed by atoms with E-state index in [0.717, 1.165) is 46.7 Å². The van der Waals surface area contributed by atoms with E-state index >= 15 is 0 Å². The van der Waals surface area contributed by atoms with Gasteiger partial charge in [-0.15, -0.1) is 5.10 Å². The van der Waals surface area contributed by atoms with Gasteiger partial charge in [0.1, 0.15) is 0 Å². The summed E-state index contributed by atoms with van der Waals surface area (Å²) >= 11 is 1.64. The number of fused-ring (bicyclic) bond motifs is 1. The summed E-state index contributed by atoms with van der Waals surface area (Å²) in [4.78, 5) is 7.81. The summed E-state index contributed by atoms with van der Waals surface area (Å²) in [5, 5.41) is 10.3. The van der Waals surface area contributed by atoms with E-state index in [1.54, 1.807) is 18.4 Å². The second-order valence-corrected chi connectivity index (χ2v) is 6.91. The Morgan fingerprint density at radius 1 is 1.30 bits per heavy atom. The molecule has 1 saturated heterocycles. The highest BCUT2D eigenvalue weighted by atomic mass is 32.1. The summed E-state index contributed by atoms with van der Waals surface area (Å²) in [6.07, 6.45) is 4.20. The van der Waals surface area contributed by atoms with E-state index in [1.165, 1.54) is 5.56 Å². The number of imidazole rings is 1. The van der Waals surface area contributed by atoms with Gasteiger partial charge in [-0.1, -0.05) is 11.3 Å². The van der Waals surface area contributed by atoms with Gasteiger partial charge < -0.3 is 9.64 Å². The number of rotatable bonds is 3. The Bertz CT molecular complexity index is 831. The van der Waals surface area contributed by atoms with E-state index < -0.39 is 0 Å². The fourth-order valence-corrected chi connectivity index (χ4v) is 4.49. The van der Waals surface area contributed by atoms with Gasteiger partial charge in [-0.25, -0.2) is 14.2 Å². The van der Waals surface area contributed by atoms with E-state index in [4.69, 9.17) is 9.84 Å². The number of anilines is 1. The number of methoxy groups -OCH3 is 1. The molecule has 1 atom stereocenters. The second-order valence-electron chi connectivity index (χ2n) is 5.98. The molecule has 4 rings (SSSR count). The van der Waals surface area contributed by atoms with Crippen molar-refractivity contribution in [2.24, 2.45) is 7.05 Å². The van der Waals surface area contributed by atoms with Gasteiger partial charge in [0.2, 0.25) is 16.0 Å². The standard InChI is InChI=1S/C15H20N6OS/c1-9-8-21-14(16-9)23-15(18-21)20-7-5-6-11(20)12-10(2)17-19(3)13(12)22-4/h8,11H,5-7H2,1-4H3. The number of hydrogen-bond acceptors (Lipinski definition) is 6. The Morgan fingerprint density at radius 3 is 2.87 bits per heavy atom. The van der Waals surface area contributed by atoms with Gasteiger partial charge in [0, 0.05) is 13.6 Å². The molecule has 4 heterocycles. The third-order valence-electron chi connectivity index (χ3n) is 4.39. The molecule has 23 heavy (non-hydrogen) atoms. The number of aromatic nitrogens is 5. The molecule has 122 valence electrons. The summed E-state index contributed by atoms with van der Waals surface area (Å²) < 4.78 is 9.28. The first kappa shape index (κ1) is 14.5. The monoisotopic (exact) mass is 332 g/mol. The number of hydrogen-bond donors (Lipinski definition) is 0. The van der Waals surface area contributed by atoms with Gasteiger partial charge in [0.25, 0.3) is 0 Å². The molecule has 0 aromatic carbocycles. The molecule has 0 bridgehead atoms. The predicted molar refractivity (Wildman–Crippen MR) is 89.4 cm³/mol. The fraction of sp³-hybridized carbons (Fsp3) is 0.533. The molecule has 1 unspecified atom stereocenters.